The summed E-state index contributed by atoms with van der Waals surface area (Å²) in [5.74, 6) is 0.116. The number of imidazole rings is 1. The van der Waals surface area contributed by atoms with Gasteiger partial charge in [-0.25, -0.2) is 9.78 Å². The van der Waals surface area contributed by atoms with E-state index in [2.05, 4.69) is 25.2 Å². The number of aryl methyl sites for hydroxylation is 1. The van der Waals surface area contributed by atoms with Crippen LogP contribution >= 0.6 is 0 Å². The first kappa shape index (κ1) is 11.9. The number of ether oxygens (including phenoxy) is 1. The number of nitrogens with one attached hydrogen (secondary N) is 2. The van der Waals surface area contributed by atoms with Crippen LogP contribution in [0.5, 0.6) is 0 Å². The van der Waals surface area contributed by atoms with Crippen LogP contribution in [0.4, 0.5) is 10.7 Å². The number of fused-ring (bicyclic) bond motifs is 1. The molecule has 1 aromatic carbocycles. The number of aromatic amines is 1. The molecule has 0 aliphatic rings. The fourth-order valence-corrected chi connectivity index (χ4v) is 1.46. The topological polar surface area (TPSA) is 99.6 Å². The Bertz CT molecular complexity index is 618. The van der Waals surface area contributed by atoms with Crippen LogP contribution in [0.15, 0.2) is 23.4 Å². The summed E-state index contributed by atoms with van der Waals surface area (Å²) in [6, 6.07) is 5.69. The molecule has 2 rings (SSSR count). The molecular weight excluding hydrogens is 236 g/mol. The minimum Gasteiger partial charge on any atom is -0.408 e. The molecule has 0 fully saturated rings. The Morgan fingerprint density at radius 2 is 2.33 bits per heavy atom. The van der Waals surface area contributed by atoms with Crippen molar-refractivity contribution in [2.24, 2.45) is 5.16 Å². The number of carbonyl (C=O) groups is 1. The number of H-pyrrole nitrogens is 1. The highest BCUT2D eigenvalue weighted by Gasteiger charge is 2.09. The minimum absolute atomic E-state index is 0.153. The van der Waals surface area contributed by atoms with Crippen LogP contribution in [0.3, 0.4) is 0 Å². The number of carbonyl (C=O) groups excluding carboxylic acids is 1. The summed E-state index contributed by atoms with van der Waals surface area (Å²) in [7, 11) is 0. The Morgan fingerprint density at radius 1 is 1.56 bits per heavy atom. The molecule has 0 radical (unpaired) electrons. The van der Waals surface area contributed by atoms with E-state index in [0.717, 1.165) is 16.6 Å². The van der Waals surface area contributed by atoms with E-state index in [1.54, 1.807) is 0 Å². The molecule has 0 bridgehead atoms. The molecule has 0 saturated heterocycles. The molecule has 94 valence electrons. The molecule has 0 saturated carbocycles. The molecule has 1 amide bonds. The molecule has 1 heterocycles. The second kappa shape index (κ2) is 4.74. The summed E-state index contributed by atoms with van der Waals surface area (Å²) >= 11 is 0. The van der Waals surface area contributed by atoms with Crippen molar-refractivity contribution in [3.8, 4) is 0 Å². The third-order valence-electron chi connectivity index (χ3n) is 2.24. The molecule has 0 atom stereocenters. The lowest BCUT2D eigenvalue weighted by Gasteiger charge is -2.01. The van der Waals surface area contributed by atoms with E-state index >= 15 is 0 Å². The quantitative estimate of drug-likeness (QED) is 0.312. The van der Waals surface area contributed by atoms with E-state index < -0.39 is 6.09 Å². The van der Waals surface area contributed by atoms with Crippen molar-refractivity contribution in [3.63, 3.8) is 0 Å². The molecule has 18 heavy (non-hydrogen) atoms. The Balaban J connectivity index is 2.15. The van der Waals surface area contributed by atoms with E-state index in [9.17, 15) is 4.79 Å². The van der Waals surface area contributed by atoms with Gasteiger partial charge in [-0.15, -0.1) is 0 Å². The Kier molecular flexibility index (Phi) is 3.13. The third-order valence-corrected chi connectivity index (χ3v) is 2.24. The summed E-state index contributed by atoms with van der Waals surface area (Å²) < 4.78 is 4.61. The summed E-state index contributed by atoms with van der Waals surface area (Å²) in [4.78, 5) is 18.4. The molecule has 2 aromatic rings. The summed E-state index contributed by atoms with van der Waals surface area (Å²) in [5, 5.41) is 13.5. The molecule has 0 spiro atoms. The van der Waals surface area contributed by atoms with Crippen LogP contribution in [0.1, 0.15) is 12.5 Å². The van der Waals surface area contributed by atoms with Gasteiger partial charge >= 0.3 is 6.09 Å². The molecule has 7 nitrogen and oxygen atoms in total. The van der Waals surface area contributed by atoms with Crippen LogP contribution in [0.25, 0.3) is 11.0 Å². The van der Waals surface area contributed by atoms with Crippen molar-refractivity contribution in [1.29, 1.82) is 0 Å². The lowest BCUT2D eigenvalue weighted by Crippen LogP contribution is -2.17. The number of amides is 1. The van der Waals surface area contributed by atoms with Gasteiger partial charge in [0.05, 0.1) is 11.0 Å². The lowest BCUT2D eigenvalue weighted by atomic mass is 10.2. The van der Waals surface area contributed by atoms with Crippen LogP contribution in [0.2, 0.25) is 0 Å². The minimum atomic E-state index is -0.777. The zero-order valence-electron chi connectivity index (χ0n) is 9.89. The zero-order valence-corrected chi connectivity index (χ0v) is 9.89. The Labute approximate surface area is 102 Å². The van der Waals surface area contributed by atoms with Gasteiger partial charge in [0.2, 0.25) is 11.8 Å². The highest BCUT2D eigenvalue weighted by atomic mass is 16.6. The van der Waals surface area contributed by atoms with E-state index in [4.69, 9.17) is 5.21 Å². The van der Waals surface area contributed by atoms with Gasteiger partial charge < -0.3 is 14.9 Å². The van der Waals surface area contributed by atoms with Gasteiger partial charge in [-0.1, -0.05) is 11.2 Å². The zero-order chi connectivity index (χ0) is 13.1. The van der Waals surface area contributed by atoms with Crippen molar-refractivity contribution in [3.05, 3.63) is 23.8 Å². The number of oxime groups is 1. The lowest BCUT2D eigenvalue weighted by molar-refractivity contribution is 0.206. The SMILES string of the molecule is CC(=NO)OC(=O)Nc1nc2ccc(C)cc2[nH]1. The van der Waals surface area contributed by atoms with Gasteiger partial charge in [0.25, 0.3) is 0 Å². The average molecular weight is 248 g/mol. The second-order valence-electron chi connectivity index (χ2n) is 3.74. The second-order valence-corrected chi connectivity index (χ2v) is 3.74. The first-order valence-corrected chi connectivity index (χ1v) is 5.22. The molecule has 3 N–H and O–H groups in total. The number of hydrogen-bond donors (Lipinski definition) is 3. The van der Waals surface area contributed by atoms with Crippen LogP contribution < -0.4 is 5.32 Å². The molecule has 0 unspecified atom stereocenters. The highest BCUT2D eigenvalue weighted by molar-refractivity contribution is 5.93. The fraction of sp³-hybridized carbons (Fsp3) is 0.182. The summed E-state index contributed by atoms with van der Waals surface area (Å²) in [6.07, 6.45) is -0.777. The van der Waals surface area contributed by atoms with E-state index in [1.165, 1.54) is 6.92 Å². The molecule has 7 heteroatoms. The van der Waals surface area contributed by atoms with E-state index in [-0.39, 0.29) is 11.8 Å². The Morgan fingerprint density at radius 3 is 3.06 bits per heavy atom. The molecular formula is C11H12N4O3. The maximum absolute atomic E-state index is 11.3. The standard InChI is InChI=1S/C11H12N4O3/c1-6-3-4-8-9(5-6)13-10(12-8)14-11(16)18-7(2)15-17/h3-5,17H,1-2H3,(H2,12,13,14,16). The van der Waals surface area contributed by atoms with Crippen LogP contribution in [-0.2, 0) is 4.74 Å². The van der Waals surface area contributed by atoms with Gasteiger partial charge in [-0.05, 0) is 24.6 Å². The van der Waals surface area contributed by atoms with Crippen LogP contribution in [0, 0.1) is 6.92 Å². The number of nitrogens with zero attached hydrogens (tertiary/aromatic N) is 2. The smallest absolute Gasteiger partial charge is 0.408 e. The highest BCUT2D eigenvalue weighted by Crippen LogP contribution is 2.15. The molecule has 0 aliphatic carbocycles. The van der Waals surface area contributed by atoms with Crippen molar-refractivity contribution in [2.45, 2.75) is 13.8 Å². The van der Waals surface area contributed by atoms with Gasteiger partial charge in [0.15, 0.2) is 0 Å². The predicted molar refractivity (Wildman–Crippen MR) is 65.8 cm³/mol. The predicted octanol–water partition coefficient (Wildman–Crippen LogP) is 2.23. The number of hydrogen-bond acceptors (Lipinski definition) is 5. The number of benzene rings is 1. The van der Waals surface area contributed by atoms with Crippen LogP contribution in [-0.4, -0.2) is 27.2 Å². The molecule has 1 aromatic heterocycles. The van der Waals surface area contributed by atoms with Crippen molar-refractivity contribution < 1.29 is 14.7 Å². The number of rotatable bonds is 1. The monoisotopic (exact) mass is 248 g/mol. The number of anilines is 1. The largest absolute Gasteiger partial charge is 0.420 e. The first-order valence-electron chi connectivity index (χ1n) is 5.22. The van der Waals surface area contributed by atoms with Gasteiger partial charge in [0.1, 0.15) is 0 Å². The van der Waals surface area contributed by atoms with Gasteiger partial charge in [-0.3, -0.25) is 5.32 Å². The van der Waals surface area contributed by atoms with E-state index in [1.807, 2.05) is 25.1 Å². The third kappa shape index (κ3) is 2.57. The van der Waals surface area contributed by atoms with Crippen molar-refractivity contribution >= 4 is 29.0 Å². The Hall–Kier alpha value is -2.57. The maximum atomic E-state index is 11.3. The van der Waals surface area contributed by atoms with Crippen molar-refractivity contribution in [1.82, 2.24) is 9.97 Å². The number of aromatic nitrogens is 2. The van der Waals surface area contributed by atoms with E-state index in [0.29, 0.717) is 0 Å². The summed E-state index contributed by atoms with van der Waals surface area (Å²) in [5.41, 5.74) is 2.64. The van der Waals surface area contributed by atoms with Gasteiger partial charge in [0, 0.05) is 6.92 Å². The average Bonchev–Trinajstić information content (AvgIpc) is 2.69. The maximum Gasteiger partial charge on any atom is 0.420 e. The first-order chi connectivity index (χ1) is 8.58. The van der Waals surface area contributed by atoms with Gasteiger partial charge in [-0.2, -0.15) is 0 Å². The normalized spacial score (nSPS) is 11.6. The fourth-order valence-electron chi connectivity index (χ4n) is 1.46. The summed E-state index contributed by atoms with van der Waals surface area (Å²) in [6.45, 7) is 3.31. The van der Waals surface area contributed by atoms with Crippen molar-refractivity contribution in [2.75, 3.05) is 5.32 Å². The molecule has 0 aliphatic heterocycles.